The maximum absolute atomic E-state index is 14.0. The summed E-state index contributed by atoms with van der Waals surface area (Å²) in [4.78, 5) is 16.2. The van der Waals surface area contributed by atoms with Crippen molar-refractivity contribution >= 4 is 16.8 Å². The number of aryl methyl sites for hydroxylation is 1. The molecule has 5 heteroatoms. The summed E-state index contributed by atoms with van der Waals surface area (Å²) in [5, 5.41) is 8.52. The van der Waals surface area contributed by atoms with E-state index in [1.165, 1.54) is 28.5 Å². The van der Waals surface area contributed by atoms with Crippen molar-refractivity contribution in [1.82, 2.24) is 15.1 Å². The number of aromatic nitrogens is 2. The van der Waals surface area contributed by atoms with Gasteiger partial charge in [0.2, 0.25) is 5.91 Å². The molecule has 0 radical (unpaired) electrons. The van der Waals surface area contributed by atoms with Gasteiger partial charge in [0.25, 0.3) is 0 Å². The van der Waals surface area contributed by atoms with Gasteiger partial charge < -0.3 is 9.64 Å². The molecule has 2 aliphatic rings. The number of H-pyrrole nitrogens is 1. The van der Waals surface area contributed by atoms with Gasteiger partial charge in [0.1, 0.15) is 0 Å². The van der Waals surface area contributed by atoms with Gasteiger partial charge in [-0.1, -0.05) is 42.0 Å². The van der Waals surface area contributed by atoms with Crippen molar-refractivity contribution in [1.29, 1.82) is 0 Å². The Bertz CT molecular complexity index is 1080. The maximum Gasteiger partial charge on any atom is 0.233 e. The molecule has 3 aromatic rings. The Labute approximate surface area is 190 Å². The second-order valence-electron chi connectivity index (χ2n) is 9.61. The zero-order valence-corrected chi connectivity index (χ0v) is 19.0. The highest BCUT2D eigenvalue weighted by Gasteiger charge is 2.44. The summed E-state index contributed by atoms with van der Waals surface area (Å²) in [5.41, 5.74) is 4.41. The molecule has 2 aliphatic heterocycles. The van der Waals surface area contributed by atoms with E-state index in [1.807, 2.05) is 6.20 Å². The molecule has 3 heterocycles. The number of ether oxygens (including phenoxy) is 1. The monoisotopic (exact) mass is 431 g/mol. The number of carbonyl (C=O) groups excluding carboxylic acids is 1. The molecule has 1 amide bonds. The third-order valence-corrected chi connectivity index (χ3v) is 7.54. The van der Waals surface area contributed by atoms with Gasteiger partial charge in [0.05, 0.1) is 17.1 Å². The van der Waals surface area contributed by atoms with Gasteiger partial charge in [-0.25, -0.2) is 0 Å². The average Bonchev–Trinajstić information content (AvgIpc) is 3.19. The number of fused-ring (bicyclic) bond motifs is 1. The van der Waals surface area contributed by atoms with Crippen LogP contribution in [0.15, 0.2) is 48.7 Å². The molecule has 5 nitrogen and oxygen atoms in total. The van der Waals surface area contributed by atoms with Crippen LogP contribution in [-0.2, 0) is 21.4 Å². The minimum Gasteiger partial charge on any atom is -0.381 e. The number of carbonyl (C=O) groups is 1. The first kappa shape index (κ1) is 21.2. The van der Waals surface area contributed by atoms with Gasteiger partial charge in [0.15, 0.2) is 0 Å². The number of amides is 1. The number of rotatable bonds is 4. The summed E-state index contributed by atoms with van der Waals surface area (Å²) in [6, 6.07) is 15.0. The molecule has 2 fully saturated rings. The van der Waals surface area contributed by atoms with Gasteiger partial charge in [0, 0.05) is 31.7 Å². The lowest BCUT2D eigenvalue weighted by molar-refractivity contribution is -0.141. The number of aromatic amines is 1. The van der Waals surface area contributed by atoms with Crippen molar-refractivity contribution in [2.75, 3.05) is 26.3 Å². The van der Waals surface area contributed by atoms with Crippen molar-refractivity contribution in [2.45, 2.75) is 50.9 Å². The van der Waals surface area contributed by atoms with E-state index < -0.39 is 5.41 Å². The Kier molecular flexibility index (Phi) is 6.01. The van der Waals surface area contributed by atoms with E-state index >= 15 is 0 Å². The lowest BCUT2D eigenvalue weighted by atomic mass is 9.72. The van der Waals surface area contributed by atoms with Crippen molar-refractivity contribution in [3.05, 3.63) is 65.4 Å². The first-order chi connectivity index (χ1) is 15.7. The molecule has 0 saturated carbocycles. The van der Waals surface area contributed by atoms with Crippen LogP contribution < -0.4 is 0 Å². The molecular weight excluding hydrogens is 398 g/mol. The van der Waals surface area contributed by atoms with Crippen molar-refractivity contribution in [3.8, 4) is 0 Å². The maximum atomic E-state index is 14.0. The molecule has 2 saturated heterocycles. The molecule has 0 aliphatic carbocycles. The fourth-order valence-electron chi connectivity index (χ4n) is 5.68. The third kappa shape index (κ3) is 4.06. The average molecular weight is 432 g/mol. The quantitative estimate of drug-likeness (QED) is 0.646. The van der Waals surface area contributed by atoms with Gasteiger partial charge in [-0.15, -0.1) is 0 Å². The zero-order valence-electron chi connectivity index (χ0n) is 19.0. The normalized spacial score (nSPS) is 21.4. The van der Waals surface area contributed by atoms with Crippen LogP contribution in [0.2, 0.25) is 0 Å². The topological polar surface area (TPSA) is 58.2 Å². The van der Waals surface area contributed by atoms with Crippen LogP contribution in [0.5, 0.6) is 0 Å². The Morgan fingerprint density at radius 1 is 1.16 bits per heavy atom. The Morgan fingerprint density at radius 3 is 2.84 bits per heavy atom. The Morgan fingerprint density at radius 2 is 2.00 bits per heavy atom. The summed E-state index contributed by atoms with van der Waals surface area (Å²) in [5.74, 6) is 0.905. The van der Waals surface area contributed by atoms with Crippen LogP contribution in [0.4, 0.5) is 0 Å². The van der Waals surface area contributed by atoms with E-state index in [-0.39, 0.29) is 0 Å². The highest BCUT2D eigenvalue weighted by molar-refractivity contribution is 5.88. The van der Waals surface area contributed by atoms with E-state index in [2.05, 4.69) is 64.5 Å². The number of nitrogens with one attached hydrogen (secondary N) is 1. The first-order valence-electron chi connectivity index (χ1n) is 12.0. The molecule has 1 atom stereocenters. The molecule has 32 heavy (non-hydrogen) atoms. The van der Waals surface area contributed by atoms with E-state index in [9.17, 15) is 4.79 Å². The smallest absolute Gasteiger partial charge is 0.233 e. The molecule has 2 aromatic carbocycles. The summed E-state index contributed by atoms with van der Waals surface area (Å²) < 4.78 is 5.67. The summed E-state index contributed by atoms with van der Waals surface area (Å²) >= 11 is 0. The lowest BCUT2D eigenvalue weighted by Gasteiger charge is -2.40. The predicted molar refractivity (Wildman–Crippen MR) is 127 cm³/mol. The predicted octanol–water partition coefficient (Wildman–Crippen LogP) is 4.79. The van der Waals surface area contributed by atoms with Gasteiger partial charge in [-0.05, 0) is 68.6 Å². The van der Waals surface area contributed by atoms with Crippen LogP contribution in [0.1, 0.15) is 48.8 Å². The van der Waals surface area contributed by atoms with Gasteiger partial charge in [-0.3, -0.25) is 9.89 Å². The molecule has 5 rings (SSSR count). The molecule has 1 unspecified atom stereocenters. The third-order valence-electron chi connectivity index (χ3n) is 7.54. The van der Waals surface area contributed by atoms with Crippen molar-refractivity contribution in [3.63, 3.8) is 0 Å². The summed E-state index contributed by atoms with van der Waals surface area (Å²) in [7, 11) is 0. The van der Waals surface area contributed by atoms with Crippen LogP contribution in [0, 0.1) is 12.8 Å². The minimum atomic E-state index is -0.438. The Balaban J connectivity index is 1.32. The van der Waals surface area contributed by atoms with Crippen LogP contribution in [-0.4, -0.2) is 47.3 Å². The number of likely N-dealkylation sites (tertiary alicyclic amines) is 1. The number of hydrogen-bond donors (Lipinski definition) is 1. The fourth-order valence-corrected chi connectivity index (χ4v) is 5.68. The lowest BCUT2D eigenvalue weighted by Crippen LogP contribution is -2.50. The highest BCUT2D eigenvalue weighted by Crippen LogP contribution is 2.38. The molecule has 168 valence electrons. The molecule has 1 aromatic heterocycles. The molecule has 1 N–H and O–H groups in total. The van der Waals surface area contributed by atoms with Gasteiger partial charge in [-0.2, -0.15) is 5.10 Å². The van der Waals surface area contributed by atoms with Crippen LogP contribution in [0.25, 0.3) is 10.9 Å². The van der Waals surface area contributed by atoms with Crippen LogP contribution >= 0.6 is 0 Å². The standard InChI is InChI=1S/C27H33N3O2/c1-20-5-2-8-23(17-20)27(11-15-32-16-12-27)26(31)30-13-4-6-21(10-14-30)18-22-7-3-9-25-24(22)19-28-29-25/h2-3,5,7-9,17,19,21H,4,6,10-16,18H2,1H3,(H,28,29). The number of hydrogen-bond acceptors (Lipinski definition) is 3. The molecule has 0 bridgehead atoms. The van der Waals surface area contributed by atoms with E-state index in [4.69, 9.17) is 4.74 Å². The minimum absolute atomic E-state index is 0.309. The summed E-state index contributed by atoms with van der Waals surface area (Å²) in [6.45, 7) is 5.13. The molecular formula is C27H33N3O2. The second-order valence-corrected chi connectivity index (χ2v) is 9.61. The summed E-state index contributed by atoms with van der Waals surface area (Å²) in [6.07, 6.45) is 7.83. The highest BCUT2D eigenvalue weighted by atomic mass is 16.5. The Hall–Kier alpha value is -2.66. The van der Waals surface area contributed by atoms with Crippen molar-refractivity contribution < 1.29 is 9.53 Å². The largest absolute Gasteiger partial charge is 0.381 e. The van der Waals surface area contributed by atoms with E-state index in [0.29, 0.717) is 25.0 Å². The van der Waals surface area contributed by atoms with Crippen LogP contribution in [0.3, 0.4) is 0 Å². The second kappa shape index (κ2) is 9.07. The van der Waals surface area contributed by atoms with Gasteiger partial charge >= 0.3 is 0 Å². The number of nitrogens with zero attached hydrogens (tertiary/aromatic N) is 2. The SMILES string of the molecule is Cc1cccc(C2(C(=O)N3CCCC(Cc4cccc5[nH]ncc45)CC3)CCOCC2)c1. The van der Waals surface area contributed by atoms with E-state index in [0.717, 1.165) is 50.7 Å². The zero-order chi connectivity index (χ0) is 22.0. The molecule has 0 spiro atoms. The van der Waals surface area contributed by atoms with Crippen molar-refractivity contribution in [2.24, 2.45) is 5.92 Å². The number of benzene rings is 2. The fraction of sp³-hybridized carbons (Fsp3) is 0.481. The van der Waals surface area contributed by atoms with E-state index in [1.54, 1.807) is 0 Å². The first-order valence-corrected chi connectivity index (χ1v) is 12.0.